The number of halogens is 1. The second-order valence-electron chi connectivity index (χ2n) is 9.86. The molecule has 0 heterocycles. The first-order chi connectivity index (χ1) is 21.0. The molecule has 7 nitrogen and oxygen atoms in total. The number of aryl methyl sites for hydroxylation is 1. The molecule has 4 aromatic rings. The number of amidine groups is 1. The highest BCUT2D eigenvalue weighted by Gasteiger charge is 2.11. The summed E-state index contributed by atoms with van der Waals surface area (Å²) in [6.07, 6.45) is 7.24. The van der Waals surface area contributed by atoms with Crippen LogP contribution in [0.25, 0.3) is 6.08 Å². The number of amides is 1. The van der Waals surface area contributed by atoms with Crippen LogP contribution in [0, 0.1) is 5.92 Å². The molecular weight excluding hydrogens is 564 g/mol. The van der Waals surface area contributed by atoms with Gasteiger partial charge in [0.15, 0.2) is 5.84 Å². The molecule has 1 atom stereocenters. The molecule has 0 aliphatic rings. The van der Waals surface area contributed by atoms with E-state index in [9.17, 15) is 14.7 Å². The number of aromatic carboxylic acids is 1. The smallest absolute Gasteiger partial charge is 0.335 e. The van der Waals surface area contributed by atoms with Crippen LogP contribution in [-0.2, 0) is 29.1 Å². The summed E-state index contributed by atoms with van der Waals surface area (Å²) in [6, 6.07) is 30.3. The number of carbonyl (C=O) groups excluding carboxylic acids is 1. The topological polar surface area (TPSA) is 97.2 Å². The van der Waals surface area contributed by atoms with Crippen molar-refractivity contribution < 1.29 is 24.3 Å². The number of oxime groups is 1. The van der Waals surface area contributed by atoms with Gasteiger partial charge in [0.2, 0.25) is 6.41 Å². The number of carbonyl (C=O) groups is 2. The zero-order valence-electron chi connectivity index (χ0n) is 23.8. The maximum atomic E-state index is 11.3. The SMILES string of the molecule is CO/N=C(\NC=O)c1ccc(CC(/C=C/c2ccccc2OCc2ccccc2Cl)CCc2ccc(C(=O)O)cc2)cc1. The van der Waals surface area contributed by atoms with Crippen molar-refractivity contribution in [3.8, 4) is 5.75 Å². The predicted octanol–water partition coefficient (Wildman–Crippen LogP) is 7.18. The minimum Gasteiger partial charge on any atom is -0.488 e. The van der Waals surface area contributed by atoms with E-state index in [4.69, 9.17) is 21.2 Å². The van der Waals surface area contributed by atoms with Gasteiger partial charge in [-0.3, -0.25) is 4.79 Å². The van der Waals surface area contributed by atoms with Crippen molar-refractivity contribution in [3.05, 3.63) is 142 Å². The van der Waals surface area contributed by atoms with Crippen LogP contribution in [0.4, 0.5) is 0 Å². The Hall–Kier alpha value is -4.88. The van der Waals surface area contributed by atoms with Gasteiger partial charge < -0.3 is 20.0 Å². The number of hydrogen-bond acceptors (Lipinski definition) is 5. The number of rotatable bonds is 14. The molecule has 0 bridgehead atoms. The summed E-state index contributed by atoms with van der Waals surface area (Å²) in [4.78, 5) is 27.0. The van der Waals surface area contributed by atoms with Gasteiger partial charge in [0.1, 0.15) is 19.5 Å². The number of benzene rings is 4. The molecule has 1 unspecified atom stereocenters. The maximum Gasteiger partial charge on any atom is 0.335 e. The van der Waals surface area contributed by atoms with Crippen LogP contribution in [0.15, 0.2) is 108 Å². The average molecular weight is 597 g/mol. The van der Waals surface area contributed by atoms with Gasteiger partial charge in [-0.1, -0.05) is 102 Å². The molecule has 220 valence electrons. The molecule has 0 fully saturated rings. The largest absolute Gasteiger partial charge is 0.488 e. The molecule has 0 aromatic heterocycles. The number of ether oxygens (including phenoxy) is 1. The number of carboxylic acids is 1. The summed E-state index contributed by atoms with van der Waals surface area (Å²) in [5.41, 5.74) is 5.07. The first kappa shape index (κ1) is 31.1. The lowest BCUT2D eigenvalue weighted by Crippen LogP contribution is -2.22. The van der Waals surface area contributed by atoms with Crippen molar-refractivity contribution in [1.29, 1.82) is 0 Å². The summed E-state index contributed by atoms with van der Waals surface area (Å²) in [5, 5.41) is 16.3. The van der Waals surface area contributed by atoms with Crippen LogP contribution in [0.1, 0.15) is 44.6 Å². The third kappa shape index (κ3) is 9.31. The van der Waals surface area contributed by atoms with Gasteiger partial charge in [0.25, 0.3) is 0 Å². The molecule has 8 heteroatoms. The number of nitrogens with zero attached hydrogens (tertiary/aromatic N) is 1. The predicted molar refractivity (Wildman–Crippen MR) is 169 cm³/mol. The Bertz CT molecular complexity index is 1570. The number of carboxylic acid groups (broad SMARTS) is 1. The minimum absolute atomic E-state index is 0.168. The van der Waals surface area contributed by atoms with E-state index in [1.54, 1.807) is 12.1 Å². The molecule has 4 aromatic carbocycles. The molecule has 1 amide bonds. The van der Waals surface area contributed by atoms with Crippen molar-refractivity contribution in [2.24, 2.45) is 11.1 Å². The van der Waals surface area contributed by atoms with E-state index in [0.717, 1.165) is 52.8 Å². The molecule has 0 saturated heterocycles. The third-order valence-corrected chi connectivity index (χ3v) is 7.28. The molecule has 2 N–H and O–H groups in total. The van der Waals surface area contributed by atoms with E-state index in [-0.39, 0.29) is 11.5 Å². The number of nitrogens with one attached hydrogen (secondary N) is 1. The normalized spacial score (nSPS) is 12.1. The van der Waals surface area contributed by atoms with Crippen LogP contribution in [-0.4, -0.2) is 30.4 Å². The van der Waals surface area contributed by atoms with Crippen LogP contribution in [0.3, 0.4) is 0 Å². The Morgan fingerprint density at radius 2 is 1.60 bits per heavy atom. The molecule has 0 aliphatic carbocycles. The lowest BCUT2D eigenvalue weighted by Gasteiger charge is -2.15. The Morgan fingerprint density at radius 3 is 2.30 bits per heavy atom. The quantitative estimate of drug-likeness (QED) is 0.0696. The van der Waals surface area contributed by atoms with Gasteiger partial charge in [-0.25, -0.2) is 4.79 Å². The summed E-state index contributed by atoms with van der Waals surface area (Å²) >= 11 is 6.32. The first-order valence-electron chi connectivity index (χ1n) is 13.8. The highest BCUT2D eigenvalue weighted by Crippen LogP contribution is 2.25. The van der Waals surface area contributed by atoms with Gasteiger partial charge in [0.05, 0.1) is 5.56 Å². The monoisotopic (exact) mass is 596 g/mol. The fourth-order valence-electron chi connectivity index (χ4n) is 4.60. The lowest BCUT2D eigenvalue weighted by atomic mass is 9.91. The fraction of sp³-hybridized carbons (Fsp3) is 0.171. The number of para-hydroxylation sites is 1. The zero-order chi connectivity index (χ0) is 30.4. The van der Waals surface area contributed by atoms with E-state index in [0.29, 0.717) is 23.9 Å². The van der Waals surface area contributed by atoms with Crippen molar-refractivity contribution in [2.45, 2.75) is 25.9 Å². The zero-order valence-corrected chi connectivity index (χ0v) is 24.5. The molecule has 0 spiro atoms. The van der Waals surface area contributed by atoms with E-state index < -0.39 is 5.97 Å². The molecule has 0 saturated carbocycles. The van der Waals surface area contributed by atoms with Gasteiger partial charge in [-0.2, -0.15) is 0 Å². The first-order valence-corrected chi connectivity index (χ1v) is 14.2. The average Bonchev–Trinajstić information content (AvgIpc) is 3.03. The number of allylic oxidation sites excluding steroid dienone is 1. The third-order valence-electron chi connectivity index (χ3n) is 6.92. The highest BCUT2D eigenvalue weighted by molar-refractivity contribution is 6.31. The van der Waals surface area contributed by atoms with Crippen LogP contribution in [0.5, 0.6) is 5.75 Å². The van der Waals surface area contributed by atoms with Crippen molar-refractivity contribution in [3.63, 3.8) is 0 Å². The van der Waals surface area contributed by atoms with Gasteiger partial charge in [0, 0.05) is 21.7 Å². The van der Waals surface area contributed by atoms with E-state index in [1.807, 2.05) is 84.9 Å². The van der Waals surface area contributed by atoms with Gasteiger partial charge in [-0.05, 0) is 60.6 Å². The van der Waals surface area contributed by atoms with Crippen LogP contribution >= 0.6 is 11.6 Å². The Balaban J connectivity index is 1.53. The number of hydrogen-bond donors (Lipinski definition) is 2. The molecule has 43 heavy (non-hydrogen) atoms. The summed E-state index contributed by atoms with van der Waals surface area (Å²) in [5.74, 6) is 0.326. The summed E-state index contributed by atoms with van der Waals surface area (Å²) < 4.78 is 6.15. The Kier molecular flexibility index (Phi) is 11.5. The van der Waals surface area contributed by atoms with Crippen molar-refractivity contribution in [2.75, 3.05) is 7.11 Å². The highest BCUT2D eigenvalue weighted by atomic mass is 35.5. The molecule has 4 rings (SSSR count). The second-order valence-corrected chi connectivity index (χ2v) is 10.3. The molecule has 0 aliphatic heterocycles. The standard InChI is InChI=1S/C35H33ClN2O5/c1-42-38-34(37-24-39)29-18-15-27(16-19-29)22-26(11-10-25-12-20-30(21-13-25)35(40)41)14-17-28-6-3-5-9-33(28)43-23-31-7-2-4-8-32(31)36/h2-9,12-21,24,26H,10-11,22-23H2,1H3,(H,40,41)(H,37,38,39)/b17-14+. The second kappa shape index (κ2) is 15.9. The summed E-state index contributed by atoms with van der Waals surface area (Å²) in [6.45, 7) is 0.361. The molecule has 0 radical (unpaired) electrons. The summed E-state index contributed by atoms with van der Waals surface area (Å²) in [7, 11) is 1.42. The minimum atomic E-state index is -0.937. The van der Waals surface area contributed by atoms with Crippen LogP contribution in [0.2, 0.25) is 5.02 Å². The lowest BCUT2D eigenvalue weighted by molar-refractivity contribution is -0.108. The maximum absolute atomic E-state index is 11.3. The van der Waals surface area contributed by atoms with Crippen molar-refractivity contribution >= 4 is 35.9 Å². The van der Waals surface area contributed by atoms with E-state index in [2.05, 4.69) is 22.6 Å². The van der Waals surface area contributed by atoms with Gasteiger partial charge in [-0.15, -0.1) is 0 Å². The Labute approximate surface area is 256 Å². The van der Waals surface area contributed by atoms with E-state index in [1.165, 1.54) is 7.11 Å². The fourth-order valence-corrected chi connectivity index (χ4v) is 4.79. The molecular formula is C35H33ClN2O5. The van der Waals surface area contributed by atoms with Crippen molar-refractivity contribution in [1.82, 2.24) is 5.32 Å². The van der Waals surface area contributed by atoms with E-state index >= 15 is 0 Å². The Morgan fingerprint density at radius 1 is 0.930 bits per heavy atom. The van der Waals surface area contributed by atoms with Gasteiger partial charge >= 0.3 is 5.97 Å². The van der Waals surface area contributed by atoms with Crippen LogP contribution < -0.4 is 10.1 Å².